The van der Waals surface area contributed by atoms with Crippen LogP contribution in [0, 0.1) is 6.92 Å². The summed E-state index contributed by atoms with van der Waals surface area (Å²) in [7, 11) is -0.146. The first kappa shape index (κ1) is 27.2. The second-order valence-electron chi connectivity index (χ2n) is 7.91. The van der Waals surface area contributed by atoms with Crippen LogP contribution in [-0.4, -0.2) is 32.3 Å². The van der Waals surface area contributed by atoms with Crippen LogP contribution < -0.4 is 14.8 Å². The van der Waals surface area contributed by atoms with E-state index in [1.165, 1.54) is 28.6 Å². The number of methoxy groups -OCH3 is 2. The van der Waals surface area contributed by atoms with E-state index < -0.39 is 10.1 Å². The summed E-state index contributed by atoms with van der Waals surface area (Å²) >= 11 is 0. The van der Waals surface area contributed by atoms with Crippen molar-refractivity contribution in [3.05, 3.63) is 114 Å². The Bertz CT molecular complexity index is 1310. The molecular weight excluding hydrogens is 495 g/mol. The van der Waals surface area contributed by atoms with Gasteiger partial charge in [0.15, 0.2) is 0 Å². The third-order valence-corrected chi connectivity index (χ3v) is 7.93. The molecule has 0 bridgehead atoms. The van der Waals surface area contributed by atoms with Gasteiger partial charge in [0.2, 0.25) is 0 Å². The largest absolute Gasteiger partial charge is 0.508 e. The molecule has 0 saturated carbocycles. The van der Waals surface area contributed by atoms with E-state index in [4.69, 9.17) is 19.1 Å². The van der Waals surface area contributed by atoms with Gasteiger partial charge in [-0.15, -0.1) is 0 Å². The number of phenolic OH excluding ortho intramolecular Hbond substituents is 1. The molecule has 0 saturated heterocycles. The van der Waals surface area contributed by atoms with E-state index in [0.717, 1.165) is 17.6 Å². The van der Waals surface area contributed by atoms with Crippen molar-refractivity contribution in [2.24, 2.45) is 0 Å². The summed E-state index contributed by atoms with van der Waals surface area (Å²) in [4.78, 5) is -0.300. The highest BCUT2D eigenvalue weighted by Gasteiger charge is 2.15. The zero-order chi connectivity index (χ0) is 26.1. The Hall–Kier alpha value is -3.38. The van der Waals surface area contributed by atoms with Gasteiger partial charge < -0.3 is 14.6 Å². The molecule has 0 radical (unpaired) electrons. The minimum absolute atomic E-state index is 0.148. The third-order valence-electron chi connectivity index (χ3n) is 5.46. The number of aromatic hydroxyl groups is 1. The maximum Gasteiger partial charge on any atom is 0.294 e. The fourth-order valence-electron chi connectivity index (χ4n) is 3.40. The van der Waals surface area contributed by atoms with Gasteiger partial charge in [-0.25, -0.2) is 0 Å². The van der Waals surface area contributed by atoms with Crippen LogP contribution in [0.3, 0.4) is 0 Å². The number of benzene rings is 4. The Kier molecular flexibility index (Phi) is 9.48. The standard InChI is InChI=1S/C21H21O2P.C7H8O4S/c1-22-18-12-8-16(9-13-18)21(24-20-6-4-3-5-7-20)17-10-14-19(23-2)15-11-17;1-5-2-3-6(4-7(5)8)12(9,10)11/h3-15,21,24H,1-2H3;2-4,8H,1H3,(H,9,10,11). The number of aryl methyl sites for hydroxylation is 1. The summed E-state index contributed by atoms with van der Waals surface area (Å²) in [5.74, 6) is 1.62. The van der Waals surface area contributed by atoms with E-state index >= 15 is 0 Å². The van der Waals surface area contributed by atoms with Crippen LogP contribution in [0.2, 0.25) is 0 Å². The number of hydrogen-bond donors (Lipinski definition) is 2. The molecule has 0 amide bonds. The Labute approximate surface area is 214 Å². The van der Waals surface area contributed by atoms with E-state index in [-0.39, 0.29) is 10.6 Å². The normalized spacial score (nSPS) is 11.2. The highest BCUT2D eigenvalue weighted by Crippen LogP contribution is 2.40. The smallest absolute Gasteiger partial charge is 0.294 e. The van der Waals surface area contributed by atoms with Crippen LogP contribution in [0.4, 0.5) is 0 Å². The maximum absolute atomic E-state index is 10.5. The fraction of sp³-hybridized carbons (Fsp3) is 0.143. The van der Waals surface area contributed by atoms with Crippen LogP contribution in [-0.2, 0) is 10.1 Å². The first-order valence-electron chi connectivity index (χ1n) is 11.1. The number of ether oxygens (including phenoxy) is 2. The first-order chi connectivity index (χ1) is 17.2. The number of phenols is 1. The molecule has 0 spiro atoms. The van der Waals surface area contributed by atoms with Crippen LogP contribution >= 0.6 is 8.58 Å². The van der Waals surface area contributed by atoms with Crippen molar-refractivity contribution in [3.63, 3.8) is 0 Å². The second kappa shape index (κ2) is 12.5. The zero-order valence-corrected chi connectivity index (χ0v) is 22.1. The van der Waals surface area contributed by atoms with Crippen LogP contribution in [0.25, 0.3) is 0 Å². The first-order valence-corrected chi connectivity index (χ1v) is 13.6. The maximum atomic E-state index is 10.5. The molecule has 1 atom stereocenters. The molecule has 6 nitrogen and oxygen atoms in total. The molecule has 0 fully saturated rings. The van der Waals surface area contributed by atoms with Crippen molar-refractivity contribution >= 4 is 24.0 Å². The van der Waals surface area contributed by atoms with Gasteiger partial charge in [-0.05, 0) is 59.3 Å². The molecule has 2 N–H and O–H groups in total. The summed E-state index contributed by atoms with van der Waals surface area (Å²) in [6.45, 7) is 1.63. The minimum Gasteiger partial charge on any atom is -0.508 e. The molecule has 0 aliphatic rings. The Morgan fingerprint density at radius 2 is 1.25 bits per heavy atom. The molecular formula is C28H29O6PS. The minimum atomic E-state index is -4.20. The predicted octanol–water partition coefficient (Wildman–Crippen LogP) is 5.74. The Balaban J connectivity index is 0.000000253. The molecule has 4 rings (SSSR count). The third kappa shape index (κ3) is 7.56. The molecule has 0 heterocycles. The van der Waals surface area contributed by atoms with Gasteiger partial charge in [0.05, 0.1) is 19.1 Å². The van der Waals surface area contributed by atoms with Gasteiger partial charge in [0.1, 0.15) is 17.2 Å². The lowest BCUT2D eigenvalue weighted by molar-refractivity contribution is 0.414. The molecule has 1 unspecified atom stereocenters. The predicted molar refractivity (Wildman–Crippen MR) is 145 cm³/mol. The van der Waals surface area contributed by atoms with Crippen molar-refractivity contribution in [1.29, 1.82) is 0 Å². The summed E-state index contributed by atoms with van der Waals surface area (Å²) in [6, 6.07) is 31.0. The van der Waals surface area contributed by atoms with Crippen LogP contribution in [0.1, 0.15) is 22.3 Å². The van der Waals surface area contributed by atoms with E-state index in [2.05, 4.69) is 54.6 Å². The van der Waals surface area contributed by atoms with Crippen molar-refractivity contribution in [2.45, 2.75) is 17.5 Å². The van der Waals surface area contributed by atoms with E-state index in [9.17, 15) is 8.42 Å². The molecule has 0 aliphatic heterocycles. The molecule has 0 aromatic heterocycles. The number of rotatable bonds is 7. The lowest BCUT2D eigenvalue weighted by Gasteiger charge is -2.19. The van der Waals surface area contributed by atoms with Crippen molar-refractivity contribution in [2.75, 3.05) is 14.2 Å². The van der Waals surface area contributed by atoms with Gasteiger partial charge in [-0.2, -0.15) is 8.42 Å². The molecule has 8 heteroatoms. The summed E-state index contributed by atoms with van der Waals surface area (Å²) in [5.41, 5.74) is 3.47. The van der Waals surface area contributed by atoms with Gasteiger partial charge in [-0.1, -0.05) is 69.2 Å². The van der Waals surface area contributed by atoms with Gasteiger partial charge in [-0.3, -0.25) is 4.55 Å². The lowest BCUT2D eigenvalue weighted by Crippen LogP contribution is -2.02. The van der Waals surface area contributed by atoms with E-state index in [0.29, 0.717) is 19.8 Å². The fourth-order valence-corrected chi connectivity index (χ4v) is 5.34. The zero-order valence-electron chi connectivity index (χ0n) is 20.3. The average molecular weight is 525 g/mol. The summed E-state index contributed by atoms with van der Waals surface area (Å²) in [6.07, 6.45) is 0. The van der Waals surface area contributed by atoms with E-state index in [1.807, 2.05) is 24.3 Å². The summed E-state index contributed by atoms with van der Waals surface area (Å²) < 4.78 is 40.2. The van der Waals surface area contributed by atoms with Crippen molar-refractivity contribution in [3.8, 4) is 17.2 Å². The molecule has 188 valence electrons. The highest BCUT2D eigenvalue weighted by molar-refractivity contribution is 7.85. The molecule has 4 aromatic rings. The van der Waals surface area contributed by atoms with Crippen LogP contribution in [0.5, 0.6) is 17.2 Å². The Morgan fingerprint density at radius 1 is 0.750 bits per heavy atom. The second-order valence-corrected chi connectivity index (χ2v) is 10.8. The van der Waals surface area contributed by atoms with Gasteiger partial charge in [0.25, 0.3) is 10.1 Å². The van der Waals surface area contributed by atoms with Gasteiger partial charge in [0, 0.05) is 11.7 Å². The lowest BCUT2D eigenvalue weighted by atomic mass is 10.0. The van der Waals surface area contributed by atoms with Crippen LogP contribution in [0.15, 0.2) is 102 Å². The van der Waals surface area contributed by atoms with Gasteiger partial charge >= 0.3 is 0 Å². The SMILES string of the molecule is COc1ccc(C(Pc2ccccc2)c2ccc(OC)cc2)cc1.Cc1ccc(S(=O)(=O)O)cc1O. The summed E-state index contributed by atoms with van der Waals surface area (Å²) in [5, 5.41) is 10.4. The highest BCUT2D eigenvalue weighted by atomic mass is 32.2. The topological polar surface area (TPSA) is 93.1 Å². The quantitative estimate of drug-likeness (QED) is 0.236. The number of hydrogen-bond acceptors (Lipinski definition) is 5. The molecule has 0 aliphatic carbocycles. The van der Waals surface area contributed by atoms with E-state index in [1.54, 1.807) is 21.1 Å². The van der Waals surface area contributed by atoms with Crippen molar-refractivity contribution in [1.82, 2.24) is 0 Å². The molecule has 36 heavy (non-hydrogen) atoms. The van der Waals surface area contributed by atoms with Crippen molar-refractivity contribution < 1.29 is 27.6 Å². The average Bonchev–Trinajstić information content (AvgIpc) is 2.89. The monoisotopic (exact) mass is 524 g/mol. The Morgan fingerprint density at radius 3 is 1.67 bits per heavy atom. The molecule has 4 aromatic carbocycles.